The number of hydrogen-bond acceptors (Lipinski definition) is 5. The highest BCUT2D eigenvalue weighted by Crippen LogP contribution is 2.06. The first-order valence-electron chi connectivity index (χ1n) is 6.11. The van der Waals surface area contributed by atoms with Crippen LogP contribution in [0.4, 0.5) is 0 Å². The van der Waals surface area contributed by atoms with Gasteiger partial charge in [0, 0.05) is 13.2 Å². The van der Waals surface area contributed by atoms with Gasteiger partial charge >= 0.3 is 5.97 Å². The third-order valence-corrected chi connectivity index (χ3v) is 3.11. The van der Waals surface area contributed by atoms with E-state index in [1.54, 1.807) is 13.1 Å². The van der Waals surface area contributed by atoms with Crippen molar-refractivity contribution >= 4 is 17.0 Å². The molecular formula is C13H11N5O3. The van der Waals surface area contributed by atoms with Crippen molar-refractivity contribution in [1.29, 1.82) is 0 Å². The summed E-state index contributed by atoms with van der Waals surface area (Å²) in [6.07, 6.45) is 4.30. The zero-order valence-corrected chi connectivity index (χ0v) is 11.1. The number of hydrogen-bond donors (Lipinski definition) is 1. The zero-order chi connectivity index (χ0) is 15.0. The Bertz CT molecular complexity index is 896. The fourth-order valence-corrected chi connectivity index (χ4v) is 2.07. The molecule has 3 heterocycles. The van der Waals surface area contributed by atoms with Crippen LogP contribution in [0.2, 0.25) is 0 Å². The maximum Gasteiger partial charge on any atom is 0.354 e. The van der Waals surface area contributed by atoms with Crippen LogP contribution in [0.15, 0.2) is 35.6 Å². The molecule has 106 valence electrons. The normalized spacial score (nSPS) is 10.9. The lowest BCUT2D eigenvalue weighted by atomic mass is 10.2. The average Bonchev–Trinajstić information content (AvgIpc) is 2.84. The van der Waals surface area contributed by atoms with Gasteiger partial charge in [-0.25, -0.2) is 14.8 Å². The molecule has 0 fully saturated rings. The van der Waals surface area contributed by atoms with E-state index in [-0.39, 0.29) is 17.8 Å². The van der Waals surface area contributed by atoms with E-state index in [0.717, 1.165) is 0 Å². The van der Waals surface area contributed by atoms with Crippen LogP contribution in [-0.4, -0.2) is 35.4 Å². The molecule has 0 aliphatic carbocycles. The Labute approximate surface area is 118 Å². The molecule has 3 aromatic rings. The first-order valence-corrected chi connectivity index (χ1v) is 6.11. The summed E-state index contributed by atoms with van der Waals surface area (Å²) in [5.41, 5.74) is 0.893. The SMILES string of the molecule is Cn1ncc2c(=O)n(Cc3ccnc(C(=O)O)c3)cnc21. The minimum absolute atomic E-state index is 0.0593. The minimum Gasteiger partial charge on any atom is -0.477 e. The van der Waals surface area contributed by atoms with Gasteiger partial charge in [0.2, 0.25) is 0 Å². The summed E-state index contributed by atoms with van der Waals surface area (Å²) in [7, 11) is 1.71. The Balaban J connectivity index is 2.02. The van der Waals surface area contributed by atoms with E-state index in [9.17, 15) is 9.59 Å². The highest BCUT2D eigenvalue weighted by atomic mass is 16.4. The number of rotatable bonds is 3. The third kappa shape index (κ3) is 2.27. The van der Waals surface area contributed by atoms with Crippen LogP contribution in [0, 0.1) is 0 Å². The molecule has 8 nitrogen and oxygen atoms in total. The van der Waals surface area contributed by atoms with Crippen LogP contribution in [0.25, 0.3) is 11.0 Å². The quantitative estimate of drug-likeness (QED) is 0.741. The standard InChI is InChI=1S/C13H11N5O3/c1-17-11-9(5-16-17)12(19)18(7-15-11)6-8-2-3-14-10(4-8)13(20)21/h2-5,7H,6H2,1H3,(H,20,21). The van der Waals surface area contributed by atoms with Crippen LogP contribution in [0.3, 0.4) is 0 Å². The van der Waals surface area contributed by atoms with Crippen molar-refractivity contribution < 1.29 is 9.90 Å². The Morgan fingerprint density at radius 2 is 2.19 bits per heavy atom. The van der Waals surface area contributed by atoms with Crippen molar-refractivity contribution in [1.82, 2.24) is 24.3 Å². The smallest absolute Gasteiger partial charge is 0.354 e. The molecule has 0 radical (unpaired) electrons. The number of fused-ring (bicyclic) bond motifs is 1. The summed E-state index contributed by atoms with van der Waals surface area (Å²) in [5, 5.41) is 13.3. The molecule has 0 atom stereocenters. The fourth-order valence-electron chi connectivity index (χ4n) is 2.07. The first kappa shape index (κ1) is 13.0. The van der Waals surface area contributed by atoms with Crippen LogP contribution in [0.1, 0.15) is 16.1 Å². The van der Waals surface area contributed by atoms with Gasteiger partial charge < -0.3 is 5.11 Å². The molecule has 0 saturated heterocycles. The number of aromatic nitrogens is 5. The van der Waals surface area contributed by atoms with Gasteiger partial charge in [0.1, 0.15) is 17.4 Å². The number of aromatic carboxylic acids is 1. The molecule has 21 heavy (non-hydrogen) atoms. The zero-order valence-electron chi connectivity index (χ0n) is 11.1. The molecule has 1 N–H and O–H groups in total. The lowest BCUT2D eigenvalue weighted by Gasteiger charge is -2.06. The molecule has 0 spiro atoms. The monoisotopic (exact) mass is 285 g/mol. The summed E-state index contributed by atoms with van der Waals surface area (Å²) >= 11 is 0. The second-order valence-electron chi connectivity index (χ2n) is 4.54. The largest absolute Gasteiger partial charge is 0.477 e. The van der Waals surface area contributed by atoms with Crippen molar-refractivity contribution in [3.05, 3.63) is 52.5 Å². The van der Waals surface area contributed by atoms with E-state index in [1.165, 1.54) is 34.0 Å². The highest BCUT2D eigenvalue weighted by Gasteiger charge is 2.10. The Kier molecular flexibility index (Phi) is 2.98. The fraction of sp³-hybridized carbons (Fsp3) is 0.154. The second-order valence-corrected chi connectivity index (χ2v) is 4.54. The van der Waals surface area contributed by atoms with E-state index >= 15 is 0 Å². The van der Waals surface area contributed by atoms with E-state index in [0.29, 0.717) is 16.6 Å². The van der Waals surface area contributed by atoms with Gasteiger partial charge in [-0.3, -0.25) is 14.0 Å². The summed E-state index contributed by atoms with van der Waals surface area (Å²) in [4.78, 5) is 31.1. The van der Waals surface area contributed by atoms with E-state index in [2.05, 4.69) is 15.1 Å². The molecule has 0 aliphatic heterocycles. The van der Waals surface area contributed by atoms with E-state index in [4.69, 9.17) is 5.11 Å². The molecule has 0 aromatic carbocycles. The van der Waals surface area contributed by atoms with Gasteiger partial charge in [-0.2, -0.15) is 5.10 Å². The number of aryl methyl sites for hydroxylation is 1. The van der Waals surface area contributed by atoms with Gasteiger partial charge in [0.05, 0.1) is 12.7 Å². The van der Waals surface area contributed by atoms with Gasteiger partial charge in [-0.15, -0.1) is 0 Å². The summed E-state index contributed by atoms with van der Waals surface area (Å²) in [5.74, 6) is -1.11. The van der Waals surface area contributed by atoms with E-state index in [1.807, 2.05) is 0 Å². The van der Waals surface area contributed by atoms with Crippen molar-refractivity contribution in [3.63, 3.8) is 0 Å². The van der Waals surface area contributed by atoms with Crippen molar-refractivity contribution in [3.8, 4) is 0 Å². The van der Waals surface area contributed by atoms with Crippen molar-refractivity contribution in [2.45, 2.75) is 6.54 Å². The van der Waals surface area contributed by atoms with Crippen molar-refractivity contribution in [2.75, 3.05) is 0 Å². The third-order valence-electron chi connectivity index (χ3n) is 3.11. The molecule has 0 unspecified atom stereocenters. The highest BCUT2D eigenvalue weighted by molar-refractivity contribution is 5.85. The molecule has 0 saturated carbocycles. The lowest BCUT2D eigenvalue weighted by Crippen LogP contribution is -2.21. The van der Waals surface area contributed by atoms with Crippen LogP contribution < -0.4 is 5.56 Å². The molecule has 0 bridgehead atoms. The predicted molar refractivity (Wildman–Crippen MR) is 73.1 cm³/mol. The Hall–Kier alpha value is -3.03. The molecular weight excluding hydrogens is 274 g/mol. The maximum atomic E-state index is 12.3. The number of carboxylic acids is 1. The number of nitrogens with zero attached hydrogens (tertiary/aromatic N) is 5. The molecule has 0 aliphatic rings. The summed E-state index contributed by atoms with van der Waals surface area (Å²) < 4.78 is 2.93. The predicted octanol–water partition coefficient (Wildman–Crippen LogP) is 0.271. The first-order chi connectivity index (χ1) is 10.1. The minimum atomic E-state index is -1.11. The Morgan fingerprint density at radius 3 is 2.95 bits per heavy atom. The van der Waals surface area contributed by atoms with Crippen LogP contribution >= 0.6 is 0 Å². The number of carbonyl (C=O) groups is 1. The molecule has 0 amide bonds. The molecule has 8 heteroatoms. The number of pyridine rings is 1. The summed E-state index contributed by atoms with van der Waals surface area (Å²) in [6, 6.07) is 3.09. The average molecular weight is 285 g/mol. The lowest BCUT2D eigenvalue weighted by molar-refractivity contribution is 0.0690. The van der Waals surface area contributed by atoms with Gasteiger partial charge in [0.15, 0.2) is 5.65 Å². The van der Waals surface area contributed by atoms with Crippen LogP contribution in [-0.2, 0) is 13.6 Å². The van der Waals surface area contributed by atoms with E-state index < -0.39 is 5.97 Å². The number of carboxylic acid groups (broad SMARTS) is 1. The van der Waals surface area contributed by atoms with Gasteiger partial charge in [-0.1, -0.05) is 0 Å². The maximum absolute atomic E-state index is 12.3. The second kappa shape index (κ2) is 4.82. The molecule has 3 rings (SSSR count). The topological polar surface area (TPSA) is 103 Å². The van der Waals surface area contributed by atoms with Crippen molar-refractivity contribution in [2.24, 2.45) is 7.05 Å². The molecule has 3 aromatic heterocycles. The van der Waals surface area contributed by atoms with Crippen LogP contribution in [0.5, 0.6) is 0 Å². The Morgan fingerprint density at radius 1 is 1.38 bits per heavy atom. The van der Waals surface area contributed by atoms with Gasteiger partial charge in [-0.05, 0) is 17.7 Å². The summed E-state index contributed by atoms with van der Waals surface area (Å²) in [6.45, 7) is 0.222. The van der Waals surface area contributed by atoms with Gasteiger partial charge in [0.25, 0.3) is 5.56 Å².